The van der Waals surface area contributed by atoms with E-state index in [1.54, 1.807) is 36.5 Å². The molecule has 0 aliphatic carbocycles. The highest BCUT2D eigenvalue weighted by atomic mass is 79.9. The molecule has 0 fully saturated rings. The van der Waals surface area contributed by atoms with Gasteiger partial charge in [-0.1, -0.05) is 23.2 Å². The number of carbonyl (C=O) groups excluding carboxylic acids is 2. The van der Waals surface area contributed by atoms with Gasteiger partial charge >= 0.3 is 0 Å². The SMILES string of the molecule is CNC(=O)c1cc(Cl)cc(C)c1CC(=O)c1cc(Br)nn1-c1ncccc1Cl. The molecule has 0 saturated heterocycles. The number of amides is 1. The predicted molar refractivity (Wildman–Crippen MR) is 112 cm³/mol. The predicted octanol–water partition coefficient (Wildman–Crippen LogP) is 4.43. The van der Waals surface area contributed by atoms with Gasteiger partial charge in [0, 0.05) is 36.3 Å². The van der Waals surface area contributed by atoms with Gasteiger partial charge in [-0.15, -0.1) is 0 Å². The molecule has 2 aromatic heterocycles. The van der Waals surface area contributed by atoms with Gasteiger partial charge in [-0.3, -0.25) is 9.59 Å². The molecule has 0 saturated carbocycles. The number of pyridine rings is 1. The van der Waals surface area contributed by atoms with Crippen LogP contribution >= 0.6 is 39.1 Å². The summed E-state index contributed by atoms with van der Waals surface area (Å²) in [5.41, 5.74) is 2.01. The standard InChI is InChI=1S/C19H15BrCl2N4O2/c1-10-6-11(21)7-13(19(28)23-2)12(10)8-16(27)15-9-17(20)25-26(15)18-14(22)4-3-5-24-18/h3-7,9H,8H2,1-2H3,(H,23,28). The minimum atomic E-state index is -0.309. The Kier molecular flexibility index (Phi) is 6.17. The van der Waals surface area contributed by atoms with Gasteiger partial charge in [0.1, 0.15) is 10.3 Å². The first-order chi connectivity index (χ1) is 13.3. The number of nitrogens with zero attached hydrogens (tertiary/aromatic N) is 3. The zero-order valence-corrected chi connectivity index (χ0v) is 18.1. The molecular formula is C19H15BrCl2N4O2. The minimum absolute atomic E-state index is 0.00561. The molecule has 1 aromatic carbocycles. The maximum atomic E-state index is 13.1. The monoisotopic (exact) mass is 480 g/mol. The highest BCUT2D eigenvalue weighted by Gasteiger charge is 2.22. The van der Waals surface area contributed by atoms with Crippen LogP contribution < -0.4 is 5.32 Å². The number of Topliss-reactive ketones (excluding diaryl/α,β-unsaturated/α-hetero) is 1. The van der Waals surface area contributed by atoms with Crippen molar-refractivity contribution in [2.24, 2.45) is 0 Å². The van der Waals surface area contributed by atoms with E-state index in [1.165, 1.54) is 11.7 Å². The number of benzene rings is 1. The van der Waals surface area contributed by atoms with E-state index in [2.05, 4.69) is 31.3 Å². The molecule has 0 aliphatic rings. The van der Waals surface area contributed by atoms with E-state index in [9.17, 15) is 9.59 Å². The molecule has 144 valence electrons. The number of ketones is 1. The van der Waals surface area contributed by atoms with Gasteiger partial charge in [-0.2, -0.15) is 5.10 Å². The first-order valence-electron chi connectivity index (χ1n) is 8.22. The molecule has 0 spiro atoms. The van der Waals surface area contributed by atoms with Crippen LogP contribution in [0, 0.1) is 6.92 Å². The van der Waals surface area contributed by atoms with E-state index in [0.717, 1.165) is 5.56 Å². The molecule has 28 heavy (non-hydrogen) atoms. The van der Waals surface area contributed by atoms with Gasteiger partial charge in [0.2, 0.25) is 0 Å². The highest BCUT2D eigenvalue weighted by Crippen LogP contribution is 2.25. The highest BCUT2D eigenvalue weighted by molar-refractivity contribution is 9.10. The summed E-state index contributed by atoms with van der Waals surface area (Å²) in [6, 6.07) is 8.23. The van der Waals surface area contributed by atoms with Crippen molar-refractivity contribution in [1.82, 2.24) is 20.1 Å². The third kappa shape index (κ3) is 4.11. The first kappa shape index (κ1) is 20.5. The van der Waals surface area contributed by atoms with Crippen molar-refractivity contribution in [1.29, 1.82) is 0 Å². The number of rotatable bonds is 5. The second kappa shape index (κ2) is 8.43. The molecule has 6 nitrogen and oxygen atoms in total. The minimum Gasteiger partial charge on any atom is -0.355 e. The Bertz CT molecular complexity index is 1080. The molecule has 1 amide bonds. The Labute approximate surface area is 180 Å². The van der Waals surface area contributed by atoms with E-state index < -0.39 is 0 Å². The van der Waals surface area contributed by atoms with Crippen molar-refractivity contribution in [2.45, 2.75) is 13.3 Å². The number of carbonyl (C=O) groups is 2. The van der Waals surface area contributed by atoms with Crippen LogP contribution in [0.3, 0.4) is 0 Å². The Hall–Kier alpha value is -2.22. The van der Waals surface area contributed by atoms with E-state index in [-0.39, 0.29) is 18.1 Å². The summed E-state index contributed by atoms with van der Waals surface area (Å²) in [6.07, 6.45) is 1.56. The van der Waals surface area contributed by atoms with Crippen LogP contribution in [-0.2, 0) is 6.42 Å². The summed E-state index contributed by atoms with van der Waals surface area (Å²) in [4.78, 5) is 29.6. The van der Waals surface area contributed by atoms with Crippen molar-refractivity contribution >= 4 is 50.8 Å². The molecule has 0 aliphatic heterocycles. The molecule has 2 heterocycles. The van der Waals surface area contributed by atoms with Crippen LogP contribution in [-0.4, -0.2) is 33.5 Å². The maximum absolute atomic E-state index is 13.1. The van der Waals surface area contributed by atoms with Crippen LogP contribution in [0.15, 0.2) is 41.1 Å². The lowest BCUT2D eigenvalue weighted by molar-refractivity contribution is 0.0961. The summed E-state index contributed by atoms with van der Waals surface area (Å²) in [7, 11) is 1.53. The number of aryl methyl sites for hydroxylation is 1. The lowest BCUT2D eigenvalue weighted by atomic mass is 9.95. The molecule has 3 rings (SSSR count). The lowest BCUT2D eigenvalue weighted by Crippen LogP contribution is -2.22. The number of hydrogen-bond acceptors (Lipinski definition) is 4. The molecule has 0 radical (unpaired) electrons. The van der Waals surface area contributed by atoms with Crippen LogP contribution in [0.25, 0.3) is 5.82 Å². The molecule has 1 N–H and O–H groups in total. The van der Waals surface area contributed by atoms with E-state index >= 15 is 0 Å². The third-order valence-corrected chi connectivity index (χ3v) is 5.05. The molecule has 9 heteroatoms. The maximum Gasteiger partial charge on any atom is 0.251 e. The van der Waals surface area contributed by atoms with Crippen molar-refractivity contribution in [2.75, 3.05) is 7.05 Å². The van der Waals surface area contributed by atoms with Gasteiger partial charge in [0.25, 0.3) is 5.91 Å². The Morgan fingerprint density at radius 2 is 2.00 bits per heavy atom. The fourth-order valence-corrected chi connectivity index (χ4v) is 3.69. The number of nitrogens with one attached hydrogen (secondary N) is 1. The second-order valence-corrected chi connectivity index (χ2v) is 7.66. The third-order valence-electron chi connectivity index (χ3n) is 4.15. The fourth-order valence-electron chi connectivity index (χ4n) is 2.84. The topological polar surface area (TPSA) is 76.9 Å². The average Bonchev–Trinajstić information content (AvgIpc) is 3.05. The lowest BCUT2D eigenvalue weighted by Gasteiger charge is -2.13. The van der Waals surface area contributed by atoms with E-state index in [4.69, 9.17) is 23.2 Å². The number of hydrogen-bond donors (Lipinski definition) is 1. The van der Waals surface area contributed by atoms with E-state index in [0.29, 0.717) is 37.3 Å². The fraction of sp³-hybridized carbons (Fsp3) is 0.158. The van der Waals surface area contributed by atoms with Gasteiger partial charge in [-0.05, 0) is 58.2 Å². The van der Waals surface area contributed by atoms with Gasteiger partial charge in [0.15, 0.2) is 11.6 Å². The largest absolute Gasteiger partial charge is 0.355 e. The normalized spacial score (nSPS) is 10.8. The molecule has 3 aromatic rings. The Balaban J connectivity index is 2.05. The zero-order chi connectivity index (χ0) is 20.4. The molecule has 0 bridgehead atoms. The number of aromatic nitrogens is 3. The van der Waals surface area contributed by atoms with Crippen LogP contribution in [0.2, 0.25) is 10.0 Å². The second-order valence-electron chi connectivity index (χ2n) is 6.00. The Morgan fingerprint density at radius 1 is 1.25 bits per heavy atom. The van der Waals surface area contributed by atoms with Crippen LogP contribution in [0.4, 0.5) is 0 Å². The van der Waals surface area contributed by atoms with Crippen molar-refractivity contribution in [3.05, 3.63) is 73.6 Å². The quantitative estimate of drug-likeness (QED) is 0.547. The summed E-state index contributed by atoms with van der Waals surface area (Å²) in [5, 5.41) is 7.65. The smallest absolute Gasteiger partial charge is 0.251 e. The zero-order valence-electron chi connectivity index (χ0n) is 15.0. The molecule has 0 atom stereocenters. The van der Waals surface area contributed by atoms with Crippen molar-refractivity contribution in [3.8, 4) is 5.82 Å². The van der Waals surface area contributed by atoms with Crippen molar-refractivity contribution < 1.29 is 9.59 Å². The summed E-state index contributed by atoms with van der Waals surface area (Å²) < 4.78 is 1.86. The van der Waals surface area contributed by atoms with Gasteiger partial charge < -0.3 is 5.32 Å². The van der Waals surface area contributed by atoms with E-state index in [1.807, 2.05) is 6.92 Å². The van der Waals surface area contributed by atoms with Gasteiger partial charge in [-0.25, -0.2) is 9.67 Å². The first-order valence-corrected chi connectivity index (χ1v) is 9.77. The van der Waals surface area contributed by atoms with Crippen LogP contribution in [0.5, 0.6) is 0 Å². The molecule has 0 unspecified atom stereocenters. The average molecular weight is 482 g/mol. The van der Waals surface area contributed by atoms with Crippen molar-refractivity contribution in [3.63, 3.8) is 0 Å². The molecular weight excluding hydrogens is 467 g/mol. The summed E-state index contributed by atoms with van der Waals surface area (Å²) in [5.74, 6) is -0.205. The number of halogens is 3. The summed E-state index contributed by atoms with van der Waals surface area (Å²) >= 11 is 15.6. The summed E-state index contributed by atoms with van der Waals surface area (Å²) in [6.45, 7) is 1.81. The Morgan fingerprint density at radius 3 is 2.68 bits per heavy atom. The van der Waals surface area contributed by atoms with Crippen LogP contribution in [0.1, 0.15) is 32.0 Å². The van der Waals surface area contributed by atoms with Gasteiger partial charge in [0.05, 0.1) is 5.02 Å².